The summed E-state index contributed by atoms with van der Waals surface area (Å²) in [7, 11) is -2.24. The molecule has 1 rings (SSSR count). The van der Waals surface area contributed by atoms with Crippen molar-refractivity contribution in [1.29, 1.82) is 0 Å². The molecule has 0 aromatic heterocycles. The molecule has 0 saturated carbocycles. The molecule has 1 heterocycles. The van der Waals surface area contributed by atoms with Crippen molar-refractivity contribution >= 4 is 8.56 Å². The van der Waals surface area contributed by atoms with Crippen molar-refractivity contribution in [3.63, 3.8) is 0 Å². The second-order valence-corrected chi connectivity index (χ2v) is 12.8. The second kappa shape index (κ2) is 5.86. The molecule has 1 aliphatic heterocycles. The van der Waals surface area contributed by atoms with Crippen LogP contribution in [0.1, 0.15) is 74.7 Å². The normalized spacial score (nSPS) is 28.4. The van der Waals surface area contributed by atoms with E-state index in [1.807, 2.05) is 0 Å². The first-order chi connectivity index (χ1) is 8.59. The molecular formula is C16H34O2Si. The third kappa shape index (κ3) is 3.25. The standard InChI is InChI=1S/C16H34O2Si/c1-9-11-14-13(10-2)12-17-19(18-14,15(3,4)5)16(6,7)8/h13-14H,9-12H2,1-8H3. The molecule has 0 spiro atoms. The van der Waals surface area contributed by atoms with Crippen molar-refractivity contribution in [3.05, 3.63) is 0 Å². The Morgan fingerprint density at radius 1 is 1.00 bits per heavy atom. The van der Waals surface area contributed by atoms with Gasteiger partial charge in [0.1, 0.15) is 0 Å². The van der Waals surface area contributed by atoms with Crippen LogP contribution >= 0.6 is 0 Å². The Morgan fingerprint density at radius 2 is 1.53 bits per heavy atom. The van der Waals surface area contributed by atoms with E-state index in [4.69, 9.17) is 8.85 Å². The Labute approximate surface area is 121 Å². The van der Waals surface area contributed by atoms with Crippen LogP contribution in [0.5, 0.6) is 0 Å². The van der Waals surface area contributed by atoms with Gasteiger partial charge in [0.05, 0.1) is 6.10 Å². The molecule has 0 aromatic carbocycles. The van der Waals surface area contributed by atoms with Crippen LogP contribution in [-0.4, -0.2) is 21.3 Å². The first-order valence-corrected chi connectivity index (χ1v) is 9.72. The van der Waals surface area contributed by atoms with Gasteiger partial charge in [0, 0.05) is 22.6 Å². The van der Waals surface area contributed by atoms with Crippen LogP contribution in [0.15, 0.2) is 0 Å². The van der Waals surface area contributed by atoms with E-state index in [9.17, 15) is 0 Å². The average molecular weight is 287 g/mol. The lowest BCUT2D eigenvalue weighted by Crippen LogP contribution is -2.63. The highest BCUT2D eigenvalue weighted by Gasteiger charge is 2.61. The predicted octanol–water partition coefficient (Wildman–Crippen LogP) is 5.27. The number of rotatable bonds is 3. The fraction of sp³-hybridized carbons (Fsp3) is 1.00. The molecule has 0 amide bonds. The van der Waals surface area contributed by atoms with Crippen LogP contribution < -0.4 is 0 Å². The fourth-order valence-corrected chi connectivity index (χ4v) is 8.62. The zero-order valence-corrected chi connectivity index (χ0v) is 15.3. The summed E-state index contributed by atoms with van der Waals surface area (Å²) in [5.41, 5.74) is 0. The molecule has 2 unspecified atom stereocenters. The molecule has 19 heavy (non-hydrogen) atoms. The van der Waals surface area contributed by atoms with Gasteiger partial charge in [-0.05, 0) is 12.8 Å². The van der Waals surface area contributed by atoms with Gasteiger partial charge in [-0.1, -0.05) is 61.8 Å². The summed E-state index contributed by atoms with van der Waals surface area (Å²) in [6.45, 7) is 19.1. The van der Waals surface area contributed by atoms with Crippen molar-refractivity contribution < 1.29 is 8.85 Å². The van der Waals surface area contributed by atoms with Crippen molar-refractivity contribution in [3.8, 4) is 0 Å². The minimum Gasteiger partial charge on any atom is -0.393 e. The number of hydrogen-bond acceptors (Lipinski definition) is 2. The highest BCUT2D eigenvalue weighted by atomic mass is 28.4. The van der Waals surface area contributed by atoms with Crippen LogP contribution in [-0.2, 0) is 8.85 Å². The Hall–Kier alpha value is 0.137. The molecule has 0 aliphatic carbocycles. The Kier molecular flexibility index (Phi) is 5.31. The molecule has 0 aromatic rings. The summed E-state index contributed by atoms with van der Waals surface area (Å²) in [5, 5.41) is 0.214. The van der Waals surface area contributed by atoms with E-state index in [1.165, 1.54) is 12.8 Å². The average Bonchev–Trinajstić information content (AvgIpc) is 2.26. The lowest BCUT2D eigenvalue weighted by Gasteiger charge is -2.55. The topological polar surface area (TPSA) is 18.5 Å². The largest absolute Gasteiger partial charge is 0.393 e. The Balaban J connectivity index is 3.08. The maximum atomic E-state index is 6.76. The van der Waals surface area contributed by atoms with E-state index in [0.29, 0.717) is 12.0 Å². The van der Waals surface area contributed by atoms with Gasteiger partial charge in [0.2, 0.25) is 0 Å². The van der Waals surface area contributed by atoms with Crippen LogP contribution in [0.4, 0.5) is 0 Å². The molecule has 1 saturated heterocycles. The second-order valence-electron chi connectivity index (χ2n) is 8.04. The van der Waals surface area contributed by atoms with Gasteiger partial charge < -0.3 is 8.85 Å². The van der Waals surface area contributed by atoms with E-state index < -0.39 is 8.56 Å². The summed E-state index contributed by atoms with van der Waals surface area (Å²) >= 11 is 0. The van der Waals surface area contributed by atoms with Gasteiger partial charge in [-0.3, -0.25) is 0 Å². The smallest absolute Gasteiger partial charge is 0.349 e. The highest BCUT2D eigenvalue weighted by Crippen LogP contribution is 2.55. The zero-order valence-electron chi connectivity index (χ0n) is 14.3. The van der Waals surface area contributed by atoms with E-state index in [1.54, 1.807) is 0 Å². The van der Waals surface area contributed by atoms with Crippen molar-refractivity contribution in [1.82, 2.24) is 0 Å². The van der Waals surface area contributed by atoms with Crippen LogP contribution in [0, 0.1) is 5.92 Å². The van der Waals surface area contributed by atoms with Gasteiger partial charge in [-0.25, -0.2) is 0 Å². The molecule has 0 N–H and O–H groups in total. The molecule has 114 valence electrons. The third-order valence-corrected chi connectivity index (χ3v) is 9.57. The third-order valence-electron chi connectivity index (χ3n) is 4.42. The monoisotopic (exact) mass is 286 g/mol. The molecular weight excluding hydrogens is 252 g/mol. The van der Waals surface area contributed by atoms with Gasteiger partial charge in [-0.2, -0.15) is 0 Å². The molecule has 3 heteroatoms. The van der Waals surface area contributed by atoms with Gasteiger partial charge >= 0.3 is 8.56 Å². The van der Waals surface area contributed by atoms with E-state index in [-0.39, 0.29) is 10.1 Å². The van der Waals surface area contributed by atoms with Crippen LogP contribution in [0.3, 0.4) is 0 Å². The molecule has 1 fully saturated rings. The lowest BCUT2D eigenvalue weighted by atomic mass is 9.97. The van der Waals surface area contributed by atoms with Crippen LogP contribution in [0.2, 0.25) is 10.1 Å². The van der Waals surface area contributed by atoms with Gasteiger partial charge in [-0.15, -0.1) is 0 Å². The summed E-state index contributed by atoms with van der Waals surface area (Å²) in [5.74, 6) is 0.574. The molecule has 2 atom stereocenters. The highest BCUT2D eigenvalue weighted by molar-refractivity contribution is 6.73. The maximum absolute atomic E-state index is 6.76. The Bertz CT molecular complexity index is 274. The zero-order chi connectivity index (χ0) is 14.9. The van der Waals surface area contributed by atoms with Gasteiger partial charge in [0.25, 0.3) is 0 Å². The Morgan fingerprint density at radius 3 is 1.89 bits per heavy atom. The summed E-state index contributed by atoms with van der Waals surface area (Å²) < 4.78 is 13.3. The molecule has 0 radical (unpaired) electrons. The summed E-state index contributed by atoms with van der Waals surface area (Å²) in [6.07, 6.45) is 3.92. The molecule has 2 nitrogen and oxygen atoms in total. The van der Waals surface area contributed by atoms with Crippen LogP contribution in [0.25, 0.3) is 0 Å². The SMILES string of the molecule is CCCC1O[Si](C(C)(C)C)(C(C)(C)C)OCC1CC. The van der Waals surface area contributed by atoms with E-state index in [2.05, 4.69) is 55.4 Å². The first kappa shape index (κ1) is 17.2. The van der Waals surface area contributed by atoms with Crippen molar-refractivity contribution in [2.75, 3.05) is 6.61 Å². The molecule has 0 bridgehead atoms. The van der Waals surface area contributed by atoms with E-state index in [0.717, 1.165) is 13.0 Å². The minimum absolute atomic E-state index is 0.107. The predicted molar refractivity (Wildman–Crippen MR) is 84.7 cm³/mol. The van der Waals surface area contributed by atoms with E-state index >= 15 is 0 Å². The van der Waals surface area contributed by atoms with Gasteiger partial charge in [0.15, 0.2) is 0 Å². The summed E-state index contributed by atoms with van der Waals surface area (Å²) in [4.78, 5) is 0. The first-order valence-electron chi connectivity index (χ1n) is 7.90. The maximum Gasteiger partial charge on any atom is 0.349 e. The lowest BCUT2D eigenvalue weighted by molar-refractivity contribution is -0.0302. The minimum atomic E-state index is -2.24. The fourth-order valence-electron chi connectivity index (χ4n) is 3.55. The van der Waals surface area contributed by atoms with Crippen molar-refractivity contribution in [2.45, 2.75) is 90.8 Å². The number of hydrogen-bond donors (Lipinski definition) is 0. The summed E-state index contributed by atoms with van der Waals surface area (Å²) in [6, 6.07) is 0. The molecule has 1 aliphatic rings. The quantitative estimate of drug-likeness (QED) is 0.658. The van der Waals surface area contributed by atoms with Crippen molar-refractivity contribution in [2.24, 2.45) is 5.92 Å².